The summed E-state index contributed by atoms with van der Waals surface area (Å²) in [6.07, 6.45) is 3.09. The molecule has 6 nitrogen and oxygen atoms in total. The minimum absolute atomic E-state index is 0.471. The molecule has 1 aromatic carbocycles. The lowest BCUT2D eigenvalue weighted by Gasteiger charge is -2.33. The molecule has 0 unspecified atom stereocenters. The van der Waals surface area contributed by atoms with Crippen LogP contribution in [0, 0.1) is 0 Å². The summed E-state index contributed by atoms with van der Waals surface area (Å²) in [6.45, 7) is 2.98. The first-order valence-electron chi connectivity index (χ1n) is 9.51. The van der Waals surface area contributed by atoms with E-state index in [-0.39, 0.29) is 0 Å². The highest BCUT2D eigenvalue weighted by molar-refractivity contribution is 7.14. The van der Waals surface area contributed by atoms with E-state index in [0.29, 0.717) is 6.04 Å². The van der Waals surface area contributed by atoms with E-state index in [9.17, 15) is 0 Å². The number of benzene rings is 1. The Kier molecular flexibility index (Phi) is 5.58. The number of aromatic amines is 1. The summed E-state index contributed by atoms with van der Waals surface area (Å²) < 4.78 is 0. The van der Waals surface area contributed by atoms with Crippen molar-refractivity contribution >= 4 is 33.3 Å². The third-order valence-corrected chi connectivity index (χ3v) is 5.90. The molecule has 7 heteroatoms. The lowest BCUT2D eigenvalue weighted by Crippen LogP contribution is -2.49. The number of hydrogen-bond donors (Lipinski definition) is 3. The highest BCUT2D eigenvalue weighted by atomic mass is 32.1. The number of guanidine groups is 1. The molecule has 27 heavy (non-hydrogen) atoms. The molecular formula is C20H26N6S. The number of para-hydroxylation sites is 2. The van der Waals surface area contributed by atoms with Gasteiger partial charge in [-0.25, -0.2) is 4.98 Å². The van der Waals surface area contributed by atoms with Gasteiger partial charge in [-0.15, -0.1) is 11.3 Å². The molecule has 0 amide bonds. The van der Waals surface area contributed by atoms with Crippen LogP contribution in [-0.4, -0.2) is 48.7 Å². The van der Waals surface area contributed by atoms with Crippen molar-refractivity contribution in [3.8, 4) is 0 Å². The zero-order valence-electron chi connectivity index (χ0n) is 15.6. The molecule has 0 atom stereocenters. The Balaban J connectivity index is 1.23. The van der Waals surface area contributed by atoms with E-state index in [2.05, 4.69) is 54.1 Å². The maximum atomic E-state index is 4.62. The normalized spacial score (nSPS) is 16.0. The van der Waals surface area contributed by atoms with E-state index in [1.54, 1.807) is 0 Å². The van der Waals surface area contributed by atoms with Gasteiger partial charge in [0.1, 0.15) is 5.82 Å². The van der Waals surface area contributed by atoms with Gasteiger partial charge >= 0.3 is 0 Å². The van der Waals surface area contributed by atoms with Gasteiger partial charge in [-0.05, 0) is 42.5 Å². The molecule has 4 rings (SSSR count). The standard InChI is InChI=1S/C20H26N6S/c1-21-20(22-11-8-18-24-16-5-2-3-6-17(16)25-18)23-15-9-12-26(13-10-15)19-7-4-14-27-19/h2-7,14-15H,8-13H2,1H3,(H,24,25)(H2,21,22,23). The van der Waals surface area contributed by atoms with Gasteiger partial charge in [0.2, 0.25) is 0 Å². The van der Waals surface area contributed by atoms with Gasteiger partial charge in [0.05, 0.1) is 16.0 Å². The monoisotopic (exact) mass is 382 g/mol. The fourth-order valence-electron chi connectivity index (χ4n) is 3.51. The van der Waals surface area contributed by atoms with Crippen molar-refractivity contribution in [1.82, 2.24) is 20.6 Å². The summed E-state index contributed by atoms with van der Waals surface area (Å²) in [6, 6.07) is 12.9. The van der Waals surface area contributed by atoms with Gasteiger partial charge in [0, 0.05) is 39.1 Å². The average Bonchev–Trinajstić information content (AvgIpc) is 3.37. The number of nitrogens with zero attached hydrogens (tertiary/aromatic N) is 3. The molecule has 1 fully saturated rings. The van der Waals surface area contributed by atoms with Crippen molar-refractivity contribution in [3.05, 3.63) is 47.6 Å². The Morgan fingerprint density at radius 2 is 2.11 bits per heavy atom. The highest BCUT2D eigenvalue weighted by Gasteiger charge is 2.20. The third-order valence-electron chi connectivity index (χ3n) is 4.97. The number of H-pyrrole nitrogens is 1. The Hall–Kier alpha value is -2.54. The maximum absolute atomic E-state index is 4.62. The Bertz CT molecular complexity index is 844. The third kappa shape index (κ3) is 4.42. The smallest absolute Gasteiger partial charge is 0.191 e. The molecule has 0 radical (unpaired) electrons. The number of imidazole rings is 1. The molecule has 3 heterocycles. The number of thiophene rings is 1. The summed E-state index contributed by atoms with van der Waals surface area (Å²) in [5.74, 6) is 1.88. The molecule has 142 valence electrons. The van der Waals surface area contributed by atoms with Crippen molar-refractivity contribution in [2.24, 2.45) is 4.99 Å². The first kappa shape index (κ1) is 17.9. The van der Waals surface area contributed by atoms with Gasteiger partial charge in [-0.3, -0.25) is 4.99 Å². The number of fused-ring (bicyclic) bond motifs is 1. The van der Waals surface area contributed by atoms with Crippen molar-refractivity contribution in [3.63, 3.8) is 0 Å². The molecule has 1 aliphatic heterocycles. The summed E-state index contributed by atoms with van der Waals surface area (Å²) in [5.41, 5.74) is 2.11. The first-order valence-corrected chi connectivity index (χ1v) is 10.4. The number of nitrogens with one attached hydrogen (secondary N) is 3. The van der Waals surface area contributed by atoms with Crippen molar-refractivity contribution in [2.75, 3.05) is 31.6 Å². The second-order valence-corrected chi connectivity index (χ2v) is 7.73. The van der Waals surface area contributed by atoms with Crippen molar-refractivity contribution < 1.29 is 0 Å². The van der Waals surface area contributed by atoms with E-state index in [1.807, 2.05) is 36.6 Å². The number of piperidine rings is 1. The molecule has 1 saturated heterocycles. The zero-order chi connectivity index (χ0) is 18.5. The van der Waals surface area contributed by atoms with Crippen molar-refractivity contribution in [1.29, 1.82) is 0 Å². The summed E-state index contributed by atoms with van der Waals surface area (Å²) in [4.78, 5) is 14.8. The Labute approximate surface area is 163 Å². The Morgan fingerprint density at radius 1 is 1.26 bits per heavy atom. The fraction of sp³-hybridized carbons (Fsp3) is 0.400. The SMILES string of the molecule is CN=C(NCCc1nc2ccccc2[nH]1)NC1CCN(c2cccs2)CC1. The van der Waals surface area contributed by atoms with Crippen LogP contribution < -0.4 is 15.5 Å². The van der Waals surface area contributed by atoms with E-state index in [1.165, 1.54) is 5.00 Å². The second kappa shape index (κ2) is 8.43. The molecule has 1 aliphatic rings. The van der Waals surface area contributed by atoms with Crippen LogP contribution in [0.1, 0.15) is 18.7 Å². The lowest BCUT2D eigenvalue weighted by atomic mass is 10.1. The van der Waals surface area contributed by atoms with Crippen LogP contribution in [0.4, 0.5) is 5.00 Å². The number of aliphatic imine (C=N–C) groups is 1. The zero-order valence-corrected chi connectivity index (χ0v) is 16.4. The van der Waals surface area contributed by atoms with Gasteiger partial charge in [0.25, 0.3) is 0 Å². The molecule has 0 bridgehead atoms. The summed E-state index contributed by atoms with van der Waals surface area (Å²) in [7, 11) is 1.83. The van der Waals surface area contributed by atoms with Crippen molar-refractivity contribution in [2.45, 2.75) is 25.3 Å². The maximum Gasteiger partial charge on any atom is 0.191 e. The minimum Gasteiger partial charge on any atom is -0.363 e. The van der Waals surface area contributed by atoms with E-state index in [4.69, 9.17) is 0 Å². The predicted molar refractivity (Wildman–Crippen MR) is 114 cm³/mol. The van der Waals surface area contributed by atoms with Crippen LogP contribution in [0.2, 0.25) is 0 Å². The van der Waals surface area contributed by atoms with Crippen LogP contribution in [0.5, 0.6) is 0 Å². The van der Waals surface area contributed by atoms with E-state index >= 15 is 0 Å². The molecule has 0 spiro atoms. The summed E-state index contributed by atoms with van der Waals surface area (Å²) in [5, 5.41) is 10.5. The van der Waals surface area contributed by atoms with Crippen LogP contribution in [0.15, 0.2) is 46.8 Å². The van der Waals surface area contributed by atoms with Gasteiger partial charge in [-0.1, -0.05) is 12.1 Å². The second-order valence-electron chi connectivity index (χ2n) is 6.81. The number of anilines is 1. The average molecular weight is 383 g/mol. The minimum atomic E-state index is 0.471. The van der Waals surface area contributed by atoms with Crippen LogP contribution in [0.3, 0.4) is 0 Å². The Morgan fingerprint density at radius 3 is 2.85 bits per heavy atom. The van der Waals surface area contributed by atoms with Crippen LogP contribution in [-0.2, 0) is 6.42 Å². The van der Waals surface area contributed by atoms with Crippen LogP contribution in [0.25, 0.3) is 11.0 Å². The van der Waals surface area contributed by atoms with Crippen LogP contribution >= 0.6 is 11.3 Å². The molecule has 0 aliphatic carbocycles. The largest absolute Gasteiger partial charge is 0.363 e. The van der Waals surface area contributed by atoms with E-state index in [0.717, 1.165) is 61.7 Å². The number of aromatic nitrogens is 2. The molecular weight excluding hydrogens is 356 g/mol. The topological polar surface area (TPSA) is 68.3 Å². The predicted octanol–water partition coefficient (Wildman–Crippen LogP) is 3.00. The molecule has 3 N–H and O–H groups in total. The first-order chi connectivity index (χ1) is 13.3. The molecule has 0 saturated carbocycles. The van der Waals surface area contributed by atoms with Gasteiger partial charge in [-0.2, -0.15) is 0 Å². The van der Waals surface area contributed by atoms with Gasteiger partial charge in [0.15, 0.2) is 5.96 Å². The number of rotatable bonds is 5. The fourth-order valence-corrected chi connectivity index (χ4v) is 4.29. The van der Waals surface area contributed by atoms with Gasteiger partial charge < -0.3 is 20.5 Å². The lowest BCUT2D eigenvalue weighted by molar-refractivity contribution is 0.463. The highest BCUT2D eigenvalue weighted by Crippen LogP contribution is 2.24. The molecule has 2 aromatic heterocycles. The number of hydrogen-bond acceptors (Lipinski definition) is 4. The van der Waals surface area contributed by atoms with E-state index < -0.39 is 0 Å². The quantitative estimate of drug-likeness (QED) is 0.469. The summed E-state index contributed by atoms with van der Waals surface area (Å²) >= 11 is 1.82. The molecule has 3 aromatic rings.